The van der Waals surface area contributed by atoms with Crippen LogP contribution in [0, 0.1) is 0 Å². The van der Waals surface area contributed by atoms with E-state index in [1.807, 2.05) is 11.3 Å². The van der Waals surface area contributed by atoms with E-state index in [-0.39, 0.29) is 0 Å². The molecule has 1 unspecified atom stereocenters. The molecule has 0 saturated heterocycles. The van der Waals surface area contributed by atoms with Crippen molar-refractivity contribution in [1.82, 2.24) is 10.2 Å². The Labute approximate surface area is 110 Å². The van der Waals surface area contributed by atoms with Gasteiger partial charge in [0, 0.05) is 17.5 Å². The van der Waals surface area contributed by atoms with E-state index in [1.165, 1.54) is 24.1 Å². The molecule has 0 saturated carbocycles. The topological polar surface area (TPSA) is 15.3 Å². The van der Waals surface area contributed by atoms with Crippen molar-refractivity contribution in [3.05, 3.63) is 22.4 Å². The summed E-state index contributed by atoms with van der Waals surface area (Å²) in [6.07, 6.45) is 3.81. The molecule has 0 fully saturated rings. The zero-order chi connectivity index (χ0) is 12.5. The lowest BCUT2D eigenvalue weighted by Crippen LogP contribution is -2.37. The molecular weight excluding hydrogens is 228 g/mol. The van der Waals surface area contributed by atoms with Crippen LogP contribution in [0.2, 0.25) is 0 Å². The maximum atomic E-state index is 3.59. The first kappa shape index (κ1) is 14.7. The Morgan fingerprint density at radius 3 is 2.88 bits per heavy atom. The molecule has 0 aromatic carbocycles. The van der Waals surface area contributed by atoms with Gasteiger partial charge in [-0.25, -0.2) is 0 Å². The summed E-state index contributed by atoms with van der Waals surface area (Å²) in [6, 6.07) is 4.97. The van der Waals surface area contributed by atoms with Gasteiger partial charge in [0.15, 0.2) is 0 Å². The van der Waals surface area contributed by atoms with Gasteiger partial charge in [-0.2, -0.15) is 0 Å². The van der Waals surface area contributed by atoms with Crippen LogP contribution in [0.15, 0.2) is 17.5 Å². The highest BCUT2D eigenvalue weighted by atomic mass is 32.1. The van der Waals surface area contributed by atoms with Crippen LogP contribution in [0.1, 0.15) is 31.6 Å². The maximum absolute atomic E-state index is 3.59. The first-order valence-corrected chi connectivity index (χ1v) is 7.54. The number of unbranched alkanes of at least 4 members (excludes halogenated alkanes) is 1. The van der Waals surface area contributed by atoms with Crippen LogP contribution in [-0.4, -0.2) is 37.6 Å². The number of aryl methyl sites for hydroxylation is 1. The number of nitrogens with zero attached hydrogens (tertiary/aromatic N) is 1. The summed E-state index contributed by atoms with van der Waals surface area (Å²) in [6.45, 7) is 7.88. The summed E-state index contributed by atoms with van der Waals surface area (Å²) in [7, 11) is 2.18. The van der Waals surface area contributed by atoms with Gasteiger partial charge in [0.2, 0.25) is 0 Å². The number of likely N-dealkylation sites (N-methyl/N-ethyl adjacent to an activating group) is 1. The number of nitrogens with one attached hydrogen (secondary N) is 1. The average Bonchev–Trinajstić information content (AvgIpc) is 2.81. The van der Waals surface area contributed by atoms with Crippen molar-refractivity contribution >= 4 is 11.3 Å². The van der Waals surface area contributed by atoms with E-state index in [0.29, 0.717) is 6.04 Å². The fourth-order valence-electron chi connectivity index (χ4n) is 1.89. The Bertz CT molecular complexity index is 272. The molecule has 1 rings (SSSR count). The lowest BCUT2D eigenvalue weighted by Gasteiger charge is -2.20. The molecule has 0 aliphatic heterocycles. The number of rotatable bonds is 9. The molecule has 1 aromatic heterocycles. The Balaban J connectivity index is 1.96. The molecule has 1 N–H and O–H groups in total. The first-order valence-electron chi connectivity index (χ1n) is 6.66. The second-order valence-electron chi connectivity index (χ2n) is 4.75. The monoisotopic (exact) mass is 254 g/mol. The fraction of sp³-hybridized carbons (Fsp3) is 0.714. The minimum absolute atomic E-state index is 0.599. The maximum Gasteiger partial charge on any atom is 0.0166 e. The van der Waals surface area contributed by atoms with Crippen LogP contribution in [-0.2, 0) is 6.42 Å². The van der Waals surface area contributed by atoms with Crippen molar-refractivity contribution in [3.63, 3.8) is 0 Å². The molecule has 0 bridgehead atoms. The summed E-state index contributed by atoms with van der Waals surface area (Å²) in [5.41, 5.74) is 0. The van der Waals surface area contributed by atoms with Crippen LogP contribution in [0.3, 0.4) is 0 Å². The minimum Gasteiger partial charge on any atom is -0.313 e. The van der Waals surface area contributed by atoms with E-state index < -0.39 is 0 Å². The summed E-state index contributed by atoms with van der Waals surface area (Å²) in [5.74, 6) is 0. The van der Waals surface area contributed by atoms with Gasteiger partial charge in [0.1, 0.15) is 0 Å². The molecule has 1 heterocycles. The molecule has 0 spiro atoms. The van der Waals surface area contributed by atoms with Crippen molar-refractivity contribution in [2.45, 2.75) is 39.2 Å². The van der Waals surface area contributed by atoms with Crippen LogP contribution in [0.4, 0.5) is 0 Å². The fourth-order valence-corrected chi connectivity index (χ4v) is 2.64. The van der Waals surface area contributed by atoms with E-state index in [1.54, 1.807) is 0 Å². The Hall–Kier alpha value is -0.380. The Morgan fingerprint density at radius 2 is 2.24 bits per heavy atom. The predicted molar refractivity (Wildman–Crippen MR) is 77.9 cm³/mol. The van der Waals surface area contributed by atoms with E-state index in [9.17, 15) is 0 Å². The van der Waals surface area contributed by atoms with Gasteiger partial charge in [-0.3, -0.25) is 0 Å². The second-order valence-corrected chi connectivity index (χ2v) is 5.78. The molecule has 98 valence electrons. The van der Waals surface area contributed by atoms with Gasteiger partial charge < -0.3 is 10.2 Å². The zero-order valence-electron chi connectivity index (χ0n) is 11.4. The number of thiophene rings is 1. The predicted octanol–water partition coefficient (Wildman–Crippen LogP) is 3.00. The van der Waals surface area contributed by atoms with Crippen molar-refractivity contribution in [2.24, 2.45) is 0 Å². The number of hydrogen-bond donors (Lipinski definition) is 1. The van der Waals surface area contributed by atoms with Gasteiger partial charge >= 0.3 is 0 Å². The molecule has 2 nitrogen and oxygen atoms in total. The first-order chi connectivity index (χ1) is 8.22. The smallest absolute Gasteiger partial charge is 0.0166 e. The highest BCUT2D eigenvalue weighted by Gasteiger charge is 2.03. The van der Waals surface area contributed by atoms with Gasteiger partial charge in [0.25, 0.3) is 0 Å². The third kappa shape index (κ3) is 6.81. The summed E-state index contributed by atoms with van der Waals surface area (Å²) in [4.78, 5) is 3.87. The number of hydrogen-bond acceptors (Lipinski definition) is 3. The van der Waals surface area contributed by atoms with Gasteiger partial charge in [-0.05, 0) is 57.8 Å². The average molecular weight is 254 g/mol. The molecule has 1 aromatic rings. The van der Waals surface area contributed by atoms with Crippen LogP contribution < -0.4 is 5.32 Å². The summed E-state index contributed by atoms with van der Waals surface area (Å²) in [5, 5.41) is 5.75. The minimum atomic E-state index is 0.599. The highest BCUT2D eigenvalue weighted by molar-refractivity contribution is 7.09. The van der Waals surface area contributed by atoms with E-state index in [0.717, 1.165) is 19.6 Å². The molecule has 3 heteroatoms. The summed E-state index contributed by atoms with van der Waals surface area (Å²) >= 11 is 1.87. The molecule has 0 radical (unpaired) electrons. The standard InChI is InChI=1S/C14H26N2S/c1-4-16(3)12-13(2)15-10-6-5-8-14-9-7-11-17-14/h7,9,11,13,15H,4-6,8,10,12H2,1-3H3. The van der Waals surface area contributed by atoms with Gasteiger partial charge in [-0.15, -0.1) is 11.3 Å². The van der Waals surface area contributed by atoms with E-state index >= 15 is 0 Å². The lowest BCUT2D eigenvalue weighted by molar-refractivity contribution is 0.309. The molecule has 0 aliphatic carbocycles. The highest BCUT2D eigenvalue weighted by Crippen LogP contribution is 2.11. The van der Waals surface area contributed by atoms with Crippen LogP contribution in [0.25, 0.3) is 0 Å². The molecule has 0 aliphatic rings. The third-order valence-electron chi connectivity index (χ3n) is 3.05. The lowest BCUT2D eigenvalue weighted by atomic mass is 10.2. The summed E-state index contributed by atoms with van der Waals surface area (Å²) < 4.78 is 0. The largest absolute Gasteiger partial charge is 0.313 e. The SMILES string of the molecule is CCN(C)CC(C)NCCCCc1cccs1. The van der Waals surface area contributed by atoms with Gasteiger partial charge in [0.05, 0.1) is 0 Å². The van der Waals surface area contributed by atoms with E-state index in [2.05, 4.69) is 48.6 Å². The van der Waals surface area contributed by atoms with Crippen LogP contribution in [0.5, 0.6) is 0 Å². The molecule has 17 heavy (non-hydrogen) atoms. The zero-order valence-corrected chi connectivity index (χ0v) is 12.2. The molecular formula is C14H26N2S. The van der Waals surface area contributed by atoms with Crippen molar-refractivity contribution in [2.75, 3.05) is 26.7 Å². The van der Waals surface area contributed by atoms with E-state index in [4.69, 9.17) is 0 Å². The van der Waals surface area contributed by atoms with Crippen molar-refractivity contribution < 1.29 is 0 Å². The van der Waals surface area contributed by atoms with Gasteiger partial charge in [-0.1, -0.05) is 13.0 Å². The second kappa shape index (κ2) is 8.67. The third-order valence-corrected chi connectivity index (χ3v) is 3.98. The van der Waals surface area contributed by atoms with Crippen molar-refractivity contribution in [3.8, 4) is 0 Å². The van der Waals surface area contributed by atoms with Crippen molar-refractivity contribution in [1.29, 1.82) is 0 Å². The normalized spacial score (nSPS) is 13.2. The molecule has 0 amide bonds. The molecule has 1 atom stereocenters. The Kier molecular flexibility index (Phi) is 7.49. The Morgan fingerprint density at radius 1 is 1.41 bits per heavy atom. The van der Waals surface area contributed by atoms with Crippen LogP contribution >= 0.6 is 11.3 Å². The quantitative estimate of drug-likeness (QED) is 0.682.